The Hall–Kier alpha value is -1.74. The third kappa shape index (κ3) is 4.66. The van der Waals surface area contributed by atoms with Gasteiger partial charge in [-0.25, -0.2) is 0 Å². The van der Waals surface area contributed by atoms with Crippen LogP contribution >= 0.6 is 0 Å². The molecule has 3 heteroatoms. The Labute approximate surface area is 154 Å². The van der Waals surface area contributed by atoms with E-state index in [0.717, 1.165) is 18.2 Å². The maximum Gasteiger partial charge on any atom is 0.147 e. The Balaban J connectivity index is 2.54. The predicted molar refractivity (Wildman–Crippen MR) is 111 cm³/mol. The molecular formula is C22H33NOSi. The molecule has 0 N–H and O–H groups in total. The molecule has 1 aromatic rings. The van der Waals surface area contributed by atoms with Crippen molar-refractivity contribution in [2.45, 2.75) is 53.8 Å². The zero-order valence-electron chi connectivity index (χ0n) is 17.2. The third-order valence-electron chi connectivity index (χ3n) is 4.50. The average molecular weight is 356 g/mol. The fourth-order valence-corrected chi connectivity index (χ4v) is 4.93. The van der Waals surface area contributed by atoms with Crippen molar-refractivity contribution in [3.63, 3.8) is 0 Å². The Morgan fingerprint density at radius 1 is 1.20 bits per heavy atom. The van der Waals surface area contributed by atoms with Gasteiger partial charge in [-0.05, 0) is 34.7 Å². The fourth-order valence-electron chi connectivity index (χ4n) is 3.26. The van der Waals surface area contributed by atoms with Crippen LogP contribution in [0.15, 0.2) is 41.2 Å². The summed E-state index contributed by atoms with van der Waals surface area (Å²) in [5, 5.41) is 1.50. The number of rotatable bonds is 4. The highest BCUT2D eigenvalue weighted by Crippen LogP contribution is 2.39. The van der Waals surface area contributed by atoms with Crippen LogP contribution in [-0.4, -0.2) is 26.5 Å². The first-order chi connectivity index (χ1) is 11.4. The molecule has 25 heavy (non-hydrogen) atoms. The summed E-state index contributed by atoms with van der Waals surface area (Å²) in [6.07, 6.45) is 5.69. The van der Waals surface area contributed by atoms with Crippen molar-refractivity contribution in [1.82, 2.24) is 0 Å². The van der Waals surface area contributed by atoms with Crippen molar-refractivity contribution in [1.29, 1.82) is 0 Å². The molecule has 0 spiro atoms. The van der Waals surface area contributed by atoms with Gasteiger partial charge in [0, 0.05) is 0 Å². The van der Waals surface area contributed by atoms with Crippen LogP contribution in [0.4, 0.5) is 0 Å². The smallest absolute Gasteiger partial charge is 0.147 e. The number of hydrogen-bond acceptors (Lipinski definition) is 1. The Morgan fingerprint density at radius 3 is 2.36 bits per heavy atom. The number of nitrogens with zero attached hydrogens (tertiary/aromatic N) is 1. The summed E-state index contributed by atoms with van der Waals surface area (Å²) >= 11 is 0. The molecule has 0 aliphatic carbocycles. The summed E-state index contributed by atoms with van der Waals surface area (Å²) in [6.45, 7) is 20.6. The lowest BCUT2D eigenvalue weighted by atomic mass is 9.85. The standard InChI is InChI=1S/C22H33NOSi/c1-16-10-11-18(24-6)13-19(16)20-12-17(14-22(2,3)4)21(15-23(20)5)25(7,8)9/h10-13,15H,5,14H2,1-4,6-9H3. The van der Waals surface area contributed by atoms with E-state index < -0.39 is 8.07 Å². The second-order valence-corrected chi connectivity index (χ2v) is 14.3. The van der Waals surface area contributed by atoms with Crippen LogP contribution in [0.3, 0.4) is 0 Å². The van der Waals surface area contributed by atoms with Crippen LogP contribution < -0.4 is 4.74 Å². The summed E-state index contributed by atoms with van der Waals surface area (Å²) in [4.78, 5) is 0. The van der Waals surface area contributed by atoms with Gasteiger partial charge in [-0.3, -0.25) is 4.58 Å². The first kappa shape index (κ1) is 19.6. The molecule has 1 aliphatic rings. The van der Waals surface area contributed by atoms with E-state index in [1.807, 2.05) is 10.6 Å². The minimum atomic E-state index is -1.45. The van der Waals surface area contributed by atoms with Gasteiger partial charge in [-0.2, -0.15) is 0 Å². The van der Waals surface area contributed by atoms with E-state index in [1.54, 1.807) is 7.11 Å². The zero-order valence-corrected chi connectivity index (χ0v) is 18.2. The molecule has 0 aromatic heterocycles. The lowest BCUT2D eigenvalue weighted by molar-refractivity contribution is -0.418. The highest BCUT2D eigenvalue weighted by Gasteiger charge is 2.31. The third-order valence-corrected chi connectivity index (χ3v) is 6.57. The summed E-state index contributed by atoms with van der Waals surface area (Å²) in [7, 11) is 0.264. The highest BCUT2D eigenvalue weighted by atomic mass is 28.3. The molecule has 0 atom stereocenters. The van der Waals surface area contributed by atoms with Crippen LogP contribution in [-0.2, 0) is 0 Å². The van der Waals surface area contributed by atoms with Crippen LogP contribution in [0.25, 0.3) is 0 Å². The summed E-state index contributed by atoms with van der Waals surface area (Å²) in [5.41, 5.74) is 4.14. The van der Waals surface area contributed by atoms with Crippen molar-refractivity contribution in [3.8, 4) is 5.75 Å². The highest BCUT2D eigenvalue weighted by molar-refractivity contribution is 6.84. The topological polar surface area (TPSA) is 12.2 Å². The first-order valence-electron chi connectivity index (χ1n) is 8.97. The van der Waals surface area contributed by atoms with Crippen molar-refractivity contribution in [2.24, 2.45) is 5.41 Å². The van der Waals surface area contributed by atoms with Gasteiger partial charge < -0.3 is 4.74 Å². The zero-order chi connectivity index (χ0) is 19.0. The minimum Gasteiger partial charge on any atom is -0.503 e. The van der Waals surface area contributed by atoms with Crippen molar-refractivity contribution < 1.29 is 9.31 Å². The lowest BCUT2D eigenvalue weighted by Gasteiger charge is -2.34. The molecule has 2 nitrogen and oxygen atoms in total. The maximum atomic E-state index is 5.44. The number of aryl methyl sites for hydroxylation is 1. The summed E-state index contributed by atoms with van der Waals surface area (Å²) in [6, 6.07) is 7.39. The average Bonchev–Trinajstić information content (AvgIpc) is 2.47. The molecule has 2 rings (SSSR count). The van der Waals surface area contributed by atoms with Crippen LogP contribution in [0.1, 0.15) is 38.3 Å². The molecule has 0 saturated carbocycles. The summed E-state index contributed by atoms with van der Waals surface area (Å²) in [5.74, 6) is 0.882. The molecule has 1 aliphatic heterocycles. The van der Waals surface area contributed by atoms with Gasteiger partial charge in [-0.1, -0.05) is 70.6 Å². The largest absolute Gasteiger partial charge is 0.503 e. The molecule has 0 amide bonds. The van der Waals surface area contributed by atoms with Crippen LogP contribution in [0.2, 0.25) is 19.6 Å². The molecule has 1 heterocycles. The molecular weight excluding hydrogens is 322 g/mol. The SMILES string of the molecule is C=[N+]1C=C([Si](C)(C)C)C(CC(C)(C)C)=C[C-]1c1cc(OC)ccc1C. The van der Waals surface area contributed by atoms with Gasteiger partial charge in [0.15, 0.2) is 0 Å². The fraction of sp³-hybridized carbons (Fsp3) is 0.455. The van der Waals surface area contributed by atoms with E-state index in [9.17, 15) is 0 Å². The minimum absolute atomic E-state index is 0.252. The van der Waals surface area contributed by atoms with Crippen molar-refractivity contribution in [2.75, 3.05) is 7.11 Å². The van der Waals surface area contributed by atoms with Crippen molar-refractivity contribution in [3.05, 3.63) is 58.4 Å². The second-order valence-electron chi connectivity index (χ2n) is 9.24. The first-order valence-corrected chi connectivity index (χ1v) is 12.5. The molecule has 0 fully saturated rings. The lowest BCUT2D eigenvalue weighted by Crippen LogP contribution is -2.31. The van der Waals surface area contributed by atoms with Crippen LogP contribution in [0.5, 0.6) is 5.75 Å². The monoisotopic (exact) mass is 355 g/mol. The normalized spacial score (nSPS) is 15.8. The molecule has 1 aromatic carbocycles. The molecule has 0 saturated heterocycles. The van der Waals surface area contributed by atoms with E-state index in [2.05, 4.69) is 78.5 Å². The summed E-state index contributed by atoms with van der Waals surface area (Å²) < 4.78 is 7.48. The number of benzene rings is 1. The van der Waals surface area contributed by atoms with Gasteiger partial charge in [-0.15, -0.1) is 0 Å². The number of hydrogen-bond donors (Lipinski definition) is 0. The van der Waals surface area contributed by atoms with Gasteiger partial charge >= 0.3 is 0 Å². The van der Waals surface area contributed by atoms with E-state index in [0.29, 0.717) is 0 Å². The molecule has 136 valence electrons. The number of ether oxygens (including phenoxy) is 1. The van der Waals surface area contributed by atoms with E-state index in [-0.39, 0.29) is 5.41 Å². The van der Waals surface area contributed by atoms with Crippen LogP contribution in [0, 0.1) is 18.4 Å². The van der Waals surface area contributed by atoms with Gasteiger partial charge in [0.1, 0.15) is 12.2 Å². The van der Waals surface area contributed by atoms with E-state index >= 15 is 0 Å². The quantitative estimate of drug-likeness (QED) is 0.381. The maximum absolute atomic E-state index is 5.44. The second kappa shape index (κ2) is 6.87. The Kier molecular flexibility index (Phi) is 5.38. The van der Waals surface area contributed by atoms with E-state index in [1.165, 1.54) is 21.9 Å². The number of methoxy groups -OCH3 is 1. The Bertz CT molecular complexity index is 729. The van der Waals surface area contributed by atoms with Gasteiger partial charge in [0.2, 0.25) is 0 Å². The Morgan fingerprint density at radius 2 is 1.84 bits per heavy atom. The van der Waals surface area contributed by atoms with Gasteiger partial charge in [0.25, 0.3) is 0 Å². The molecule has 0 unspecified atom stereocenters. The van der Waals surface area contributed by atoms with Gasteiger partial charge in [0.05, 0.1) is 27.7 Å². The molecule has 0 bridgehead atoms. The number of allylic oxidation sites excluding steroid dienone is 2. The predicted octanol–water partition coefficient (Wildman–Crippen LogP) is 5.73. The van der Waals surface area contributed by atoms with E-state index in [4.69, 9.17) is 4.74 Å². The van der Waals surface area contributed by atoms with Crippen molar-refractivity contribution >= 4 is 14.8 Å². The molecule has 0 radical (unpaired) electrons.